The van der Waals surface area contributed by atoms with E-state index >= 15 is 0 Å². The van der Waals surface area contributed by atoms with Crippen LogP contribution in [0.25, 0.3) is 0 Å². The average molecular weight is 377 g/mol. The second kappa shape index (κ2) is 8.99. The summed E-state index contributed by atoms with van der Waals surface area (Å²) in [6.45, 7) is 7.33. The van der Waals surface area contributed by atoms with Crippen molar-refractivity contribution in [1.29, 1.82) is 0 Å². The number of likely N-dealkylation sites (tertiary alicyclic amines) is 1. The van der Waals surface area contributed by atoms with Gasteiger partial charge in [-0.25, -0.2) is 0 Å². The molecule has 1 aliphatic heterocycles. The summed E-state index contributed by atoms with van der Waals surface area (Å²) in [7, 11) is 0. The van der Waals surface area contributed by atoms with Crippen molar-refractivity contribution in [2.45, 2.75) is 26.2 Å². The minimum atomic E-state index is 0.515. The van der Waals surface area contributed by atoms with Gasteiger partial charge in [-0.2, -0.15) is 0 Å². The molecule has 1 aliphatic rings. The first-order valence-electron chi connectivity index (χ1n) is 7.55. The first-order chi connectivity index (χ1) is 10.2. The third-order valence-corrected chi connectivity index (χ3v) is 4.49. The van der Waals surface area contributed by atoms with E-state index in [1.807, 2.05) is 19.1 Å². The van der Waals surface area contributed by atoms with Crippen LogP contribution in [-0.4, -0.2) is 44.4 Å². The smallest absolute Gasteiger partial charge is 0.152 e. The second-order valence-corrected chi connectivity index (χ2v) is 6.68. The van der Waals surface area contributed by atoms with Gasteiger partial charge in [0.25, 0.3) is 0 Å². The number of halogens is 2. The summed E-state index contributed by atoms with van der Waals surface area (Å²) in [5.41, 5.74) is 1.11. The van der Waals surface area contributed by atoms with Gasteiger partial charge in [-0.1, -0.05) is 18.0 Å². The van der Waals surface area contributed by atoms with Gasteiger partial charge < -0.3 is 14.4 Å². The predicted octanol–water partition coefficient (Wildman–Crippen LogP) is 4.29. The van der Waals surface area contributed by atoms with Crippen LogP contribution in [-0.2, 0) is 4.74 Å². The van der Waals surface area contributed by atoms with Gasteiger partial charge >= 0.3 is 0 Å². The number of rotatable bonds is 7. The highest BCUT2D eigenvalue weighted by Gasteiger charge is 2.10. The van der Waals surface area contributed by atoms with Crippen molar-refractivity contribution in [1.82, 2.24) is 4.90 Å². The van der Waals surface area contributed by atoms with Crippen molar-refractivity contribution < 1.29 is 9.47 Å². The lowest BCUT2D eigenvalue weighted by Gasteiger charge is -2.26. The molecule has 21 heavy (non-hydrogen) atoms. The van der Waals surface area contributed by atoms with E-state index in [0.29, 0.717) is 24.0 Å². The van der Waals surface area contributed by atoms with Crippen molar-refractivity contribution in [3.63, 3.8) is 0 Å². The first kappa shape index (κ1) is 17.1. The van der Waals surface area contributed by atoms with Gasteiger partial charge in [0.05, 0.1) is 22.7 Å². The van der Waals surface area contributed by atoms with E-state index < -0.39 is 0 Å². The predicted molar refractivity (Wildman–Crippen MR) is 90.5 cm³/mol. The molecule has 1 saturated heterocycles. The van der Waals surface area contributed by atoms with Gasteiger partial charge in [0.15, 0.2) is 5.75 Å². The molecule has 0 atom stereocenters. The fourth-order valence-electron chi connectivity index (χ4n) is 2.51. The number of hydrogen-bond acceptors (Lipinski definition) is 3. The standard InChI is InChI=1S/C16H23BrClNO2/c1-13-11-14(17)16(15(18)12-13)21-10-9-20-8-7-19-5-3-2-4-6-19/h11-12H,2-10H2,1H3. The molecule has 0 radical (unpaired) electrons. The average Bonchev–Trinajstić information content (AvgIpc) is 2.45. The summed E-state index contributed by atoms with van der Waals surface area (Å²) in [5.74, 6) is 0.696. The Balaban J connectivity index is 1.61. The van der Waals surface area contributed by atoms with E-state index in [1.54, 1.807) is 0 Å². The van der Waals surface area contributed by atoms with E-state index in [1.165, 1.54) is 32.4 Å². The molecular weight excluding hydrogens is 354 g/mol. The quantitative estimate of drug-likeness (QED) is 0.663. The van der Waals surface area contributed by atoms with E-state index in [2.05, 4.69) is 20.8 Å². The van der Waals surface area contributed by atoms with Crippen LogP contribution in [0.15, 0.2) is 16.6 Å². The summed E-state index contributed by atoms with van der Waals surface area (Å²) in [5, 5.41) is 0.634. The van der Waals surface area contributed by atoms with Crippen LogP contribution < -0.4 is 4.74 Å². The molecule has 2 rings (SSSR count). The van der Waals surface area contributed by atoms with Gasteiger partial charge in [-0.15, -0.1) is 0 Å². The minimum absolute atomic E-state index is 0.515. The van der Waals surface area contributed by atoms with Gasteiger partial charge in [0.2, 0.25) is 0 Å². The molecular formula is C16H23BrClNO2. The van der Waals surface area contributed by atoms with Crippen LogP contribution in [0.2, 0.25) is 5.02 Å². The van der Waals surface area contributed by atoms with Gasteiger partial charge in [-0.3, -0.25) is 0 Å². The van der Waals surface area contributed by atoms with Gasteiger partial charge in [-0.05, 0) is 66.5 Å². The van der Waals surface area contributed by atoms with Gasteiger partial charge in [0.1, 0.15) is 6.61 Å². The molecule has 0 spiro atoms. The number of nitrogens with zero attached hydrogens (tertiary/aromatic N) is 1. The molecule has 0 saturated carbocycles. The zero-order valence-corrected chi connectivity index (χ0v) is 14.9. The zero-order chi connectivity index (χ0) is 15.1. The molecule has 0 unspecified atom stereocenters. The summed E-state index contributed by atoms with van der Waals surface area (Å²) in [4.78, 5) is 2.47. The second-order valence-electron chi connectivity index (χ2n) is 5.42. The number of ether oxygens (including phenoxy) is 2. The molecule has 1 heterocycles. The monoisotopic (exact) mass is 375 g/mol. The highest BCUT2D eigenvalue weighted by molar-refractivity contribution is 9.10. The first-order valence-corrected chi connectivity index (χ1v) is 8.72. The molecule has 1 aromatic carbocycles. The Morgan fingerprint density at radius 3 is 2.62 bits per heavy atom. The molecule has 118 valence electrons. The van der Waals surface area contributed by atoms with Crippen LogP contribution in [0.3, 0.4) is 0 Å². The third kappa shape index (κ3) is 5.78. The highest BCUT2D eigenvalue weighted by atomic mass is 79.9. The lowest BCUT2D eigenvalue weighted by atomic mass is 10.1. The molecule has 5 heteroatoms. The lowest BCUT2D eigenvalue weighted by molar-refractivity contribution is 0.0749. The maximum atomic E-state index is 6.17. The topological polar surface area (TPSA) is 21.7 Å². The number of piperidine rings is 1. The number of aryl methyl sites for hydroxylation is 1. The Hall–Kier alpha value is -0.290. The Morgan fingerprint density at radius 1 is 1.14 bits per heavy atom. The Labute approximate surface area is 140 Å². The van der Waals surface area contributed by atoms with Crippen LogP contribution in [0.4, 0.5) is 0 Å². The number of benzene rings is 1. The SMILES string of the molecule is Cc1cc(Cl)c(OCCOCCN2CCCCC2)c(Br)c1. The summed E-state index contributed by atoms with van der Waals surface area (Å²) < 4.78 is 12.2. The largest absolute Gasteiger partial charge is 0.488 e. The molecule has 0 aliphatic carbocycles. The summed E-state index contributed by atoms with van der Waals surface area (Å²) in [6, 6.07) is 3.90. The maximum Gasteiger partial charge on any atom is 0.152 e. The number of hydrogen-bond donors (Lipinski definition) is 0. The Morgan fingerprint density at radius 2 is 1.90 bits per heavy atom. The normalized spacial score (nSPS) is 16.1. The van der Waals surface area contributed by atoms with Crippen LogP contribution in [0.5, 0.6) is 5.75 Å². The molecule has 3 nitrogen and oxygen atoms in total. The van der Waals surface area contributed by atoms with Crippen LogP contribution in [0, 0.1) is 6.92 Å². The van der Waals surface area contributed by atoms with Crippen molar-refractivity contribution in [2.24, 2.45) is 0 Å². The zero-order valence-electron chi connectivity index (χ0n) is 12.5. The highest BCUT2D eigenvalue weighted by Crippen LogP contribution is 2.34. The van der Waals surface area contributed by atoms with Crippen molar-refractivity contribution in [3.05, 3.63) is 27.2 Å². The van der Waals surface area contributed by atoms with Crippen LogP contribution in [0.1, 0.15) is 24.8 Å². The molecule has 1 fully saturated rings. The third-order valence-electron chi connectivity index (χ3n) is 3.62. The molecule has 0 amide bonds. The molecule has 0 bridgehead atoms. The van der Waals surface area contributed by atoms with E-state index in [-0.39, 0.29) is 0 Å². The summed E-state index contributed by atoms with van der Waals surface area (Å²) >= 11 is 9.65. The van der Waals surface area contributed by atoms with Crippen molar-refractivity contribution >= 4 is 27.5 Å². The van der Waals surface area contributed by atoms with Crippen molar-refractivity contribution in [2.75, 3.05) is 39.5 Å². The van der Waals surface area contributed by atoms with Gasteiger partial charge in [0, 0.05) is 6.54 Å². The summed E-state index contributed by atoms with van der Waals surface area (Å²) in [6.07, 6.45) is 4.02. The molecule has 1 aromatic rings. The van der Waals surface area contributed by atoms with E-state index in [9.17, 15) is 0 Å². The van der Waals surface area contributed by atoms with E-state index in [0.717, 1.165) is 23.2 Å². The molecule has 0 aromatic heterocycles. The fourth-order valence-corrected chi connectivity index (χ4v) is 3.64. The van der Waals surface area contributed by atoms with E-state index in [4.69, 9.17) is 21.1 Å². The Kier molecular flexibility index (Phi) is 7.30. The van der Waals surface area contributed by atoms with Crippen molar-refractivity contribution in [3.8, 4) is 5.75 Å². The maximum absolute atomic E-state index is 6.17. The minimum Gasteiger partial charge on any atom is -0.488 e. The lowest BCUT2D eigenvalue weighted by Crippen LogP contribution is -2.32. The van der Waals surface area contributed by atoms with Crippen LogP contribution >= 0.6 is 27.5 Å². The molecule has 0 N–H and O–H groups in total. The Bertz CT molecular complexity index is 427. The fraction of sp³-hybridized carbons (Fsp3) is 0.625.